The second kappa shape index (κ2) is 9.07. The third-order valence-corrected chi connectivity index (χ3v) is 12.2. The summed E-state index contributed by atoms with van der Waals surface area (Å²) < 4.78 is 36.2. The summed E-state index contributed by atoms with van der Waals surface area (Å²) in [4.78, 5) is 50.9. The van der Waals surface area contributed by atoms with Crippen molar-refractivity contribution in [1.82, 2.24) is 0 Å². The standard InChI is InChI=1S/C32H42O10/c1-16(33)38-22-14-23(39-17(2)34)30(7)20-9-11-29(6)25(19-10-12-37-15-19)41-27(36)26-32(29,42-26)31(20,8)24(40-18(3)35)13-21(30)28(22,4)5/h10,12,15,20-26H,9,11,13-14H2,1-8H3/t20?,21?,22?,23?,24?,25?,26?,29-,30+,31-,32+/m0/s1. The van der Waals surface area contributed by atoms with Crippen LogP contribution in [-0.2, 0) is 42.9 Å². The van der Waals surface area contributed by atoms with Crippen molar-refractivity contribution in [3.63, 3.8) is 0 Å². The van der Waals surface area contributed by atoms with Crippen LogP contribution in [0, 0.1) is 33.5 Å². The molecule has 0 radical (unpaired) electrons. The fourth-order valence-electron chi connectivity index (χ4n) is 10.6. The molecule has 11 atom stereocenters. The van der Waals surface area contributed by atoms with Gasteiger partial charge in [-0.2, -0.15) is 0 Å². The number of ether oxygens (including phenoxy) is 5. The van der Waals surface area contributed by atoms with Crippen molar-refractivity contribution in [2.24, 2.45) is 33.5 Å². The molecular weight excluding hydrogens is 544 g/mol. The number of hydrogen-bond acceptors (Lipinski definition) is 10. The van der Waals surface area contributed by atoms with Gasteiger partial charge in [0.05, 0.1) is 12.5 Å². The number of esters is 4. The molecule has 5 aliphatic rings. The fraction of sp³-hybridized carbons (Fsp3) is 0.750. The number of epoxide rings is 1. The van der Waals surface area contributed by atoms with Crippen molar-refractivity contribution < 1.29 is 47.3 Å². The topological polar surface area (TPSA) is 131 Å². The Morgan fingerprint density at radius 1 is 0.833 bits per heavy atom. The maximum absolute atomic E-state index is 13.5. The van der Waals surface area contributed by atoms with Crippen molar-refractivity contribution in [2.45, 2.75) is 117 Å². The minimum atomic E-state index is -0.994. The maximum atomic E-state index is 13.5. The van der Waals surface area contributed by atoms with Gasteiger partial charge in [0.2, 0.25) is 0 Å². The molecule has 0 amide bonds. The van der Waals surface area contributed by atoms with Gasteiger partial charge >= 0.3 is 23.9 Å². The first-order chi connectivity index (χ1) is 19.5. The van der Waals surface area contributed by atoms with E-state index in [1.165, 1.54) is 20.8 Å². The summed E-state index contributed by atoms with van der Waals surface area (Å²) in [6, 6.07) is 1.81. The van der Waals surface area contributed by atoms with E-state index in [0.29, 0.717) is 25.7 Å². The number of carbonyl (C=O) groups excluding carboxylic acids is 4. The lowest BCUT2D eigenvalue weighted by Crippen LogP contribution is -2.75. The van der Waals surface area contributed by atoms with E-state index in [4.69, 9.17) is 28.1 Å². The highest BCUT2D eigenvalue weighted by Gasteiger charge is 2.89. The van der Waals surface area contributed by atoms with E-state index in [1.54, 1.807) is 12.5 Å². The average molecular weight is 587 g/mol. The zero-order chi connectivity index (χ0) is 30.6. The molecule has 0 N–H and O–H groups in total. The Hall–Kier alpha value is -2.88. The van der Waals surface area contributed by atoms with Crippen molar-refractivity contribution in [3.05, 3.63) is 24.2 Å². The zero-order valence-electron chi connectivity index (χ0n) is 25.7. The SMILES string of the molecule is CC(=O)OC1CC(OC(C)=O)[C@@]2(C)C(CC(OC(C)=O)[C@]3(C)C2CC[C@@]2(C)C(c4ccoc4)OC(=O)C4O[C@@]432)C1(C)C. The minimum absolute atomic E-state index is 0.159. The molecule has 3 aliphatic carbocycles. The number of carbonyl (C=O) groups is 4. The van der Waals surface area contributed by atoms with E-state index in [0.717, 1.165) is 5.56 Å². The normalized spacial score (nSPS) is 46.5. The first kappa shape index (κ1) is 29.2. The van der Waals surface area contributed by atoms with Crippen LogP contribution in [0.4, 0.5) is 0 Å². The summed E-state index contributed by atoms with van der Waals surface area (Å²) in [6.07, 6.45) is 2.16. The van der Waals surface area contributed by atoms with E-state index in [2.05, 4.69) is 34.6 Å². The molecule has 42 heavy (non-hydrogen) atoms. The fourth-order valence-corrected chi connectivity index (χ4v) is 10.6. The Kier molecular flexibility index (Phi) is 6.30. The number of cyclic esters (lactones) is 1. The van der Waals surface area contributed by atoms with Gasteiger partial charge in [-0.15, -0.1) is 0 Å². The van der Waals surface area contributed by atoms with E-state index in [9.17, 15) is 19.2 Å². The summed E-state index contributed by atoms with van der Waals surface area (Å²) in [5.41, 5.74) is -2.88. The highest BCUT2D eigenvalue weighted by molar-refractivity contribution is 5.82. The third kappa shape index (κ3) is 3.53. The second-order valence-corrected chi connectivity index (χ2v) is 14.4. The van der Waals surface area contributed by atoms with Gasteiger partial charge in [-0.1, -0.05) is 34.6 Å². The quantitative estimate of drug-likeness (QED) is 0.278. The lowest BCUT2D eigenvalue weighted by molar-refractivity contribution is -0.298. The summed E-state index contributed by atoms with van der Waals surface area (Å²) >= 11 is 0. The van der Waals surface area contributed by atoms with Crippen molar-refractivity contribution in [1.29, 1.82) is 0 Å². The van der Waals surface area contributed by atoms with Crippen LogP contribution >= 0.6 is 0 Å². The van der Waals surface area contributed by atoms with Crippen LogP contribution in [0.3, 0.4) is 0 Å². The van der Waals surface area contributed by atoms with Crippen LogP contribution in [0.1, 0.15) is 92.7 Å². The van der Waals surface area contributed by atoms with Gasteiger partial charge in [-0.05, 0) is 37.2 Å². The van der Waals surface area contributed by atoms with Gasteiger partial charge < -0.3 is 28.1 Å². The molecule has 7 unspecified atom stereocenters. The molecule has 10 heteroatoms. The van der Waals surface area contributed by atoms with Crippen molar-refractivity contribution >= 4 is 23.9 Å². The van der Waals surface area contributed by atoms with Crippen LogP contribution in [0.5, 0.6) is 0 Å². The van der Waals surface area contributed by atoms with Crippen LogP contribution in [0.25, 0.3) is 0 Å². The summed E-state index contributed by atoms with van der Waals surface area (Å²) in [5.74, 6) is -2.01. The Morgan fingerprint density at radius 2 is 1.45 bits per heavy atom. The van der Waals surface area contributed by atoms with Crippen molar-refractivity contribution in [2.75, 3.05) is 0 Å². The van der Waals surface area contributed by atoms with Gasteiger partial charge in [-0.3, -0.25) is 14.4 Å². The van der Waals surface area contributed by atoms with Crippen molar-refractivity contribution in [3.8, 4) is 0 Å². The monoisotopic (exact) mass is 586 g/mol. The molecule has 0 bridgehead atoms. The second-order valence-electron chi connectivity index (χ2n) is 14.4. The zero-order valence-corrected chi connectivity index (χ0v) is 25.7. The van der Waals surface area contributed by atoms with E-state index in [1.807, 2.05) is 6.07 Å². The Balaban J connectivity index is 1.54. The molecule has 1 spiro atoms. The molecular formula is C32H42O10. The summed E-state index contributed by atoms with van der Waals surface area (Å²) in [5, 5.41) is 0. The molecule has 5 fully saturated rings. The molecule has 6 rings (SSSR count). The molecule has 2 saturated heterocycles. The van der Waals surface area contributed by atoms with Crippen LogP contribution < -0.4 is 0 Å². The van der Waals surface area contributed by atoms with Gasteiger partial charge in [0, 0.05) is 54.4 Å². The molecule has 2 aliphatic heterocycles. The van der Waals surface area contributed by atoms with Gasteiger partial charge in [0.25, 0.3) is 0 Å². The minimum Gasteiger partial charge on any atom is -0.472 e. The predicted molar refractivity (Wildman–Crippen MR) is 145 cm³/mol. The van der Waals surface area contributed by atoms with E-state index >= 15 is 0 Å². The van der Waals surface area contributed by atoms with Gasteiger partial charge in [0.1, 0.15) is 30.0 Å². The lowest BCUT2D eigenvalue weighted by Gasteiger charge is -2.71. The molecule has 1 aromatic rings. The third-order valence-electron chi connectivity index (χ3n) is 12.2. The molecule has 10 nitrogen and oxygen atoms in total. The summed E-state index contributed by atoms with van der Waals surface area (Å²) in [6.45, 7) is 14.7. The number of fused-ring (bicyclic) bond motifs is 3. The Morgan fingerprint density at radius 3 is 2.05 bits per heavy atom. The Labute approximate surface area is 246 Å². The number of rotatable bonds is 4. The predicted octanol–water partition coefficient (Wildman–Crippen LogP) is 4.69. The molecule has 230 valence electrons. The number of hydrogen-bond donors (Lipinski definition) is 0. The molecule has 1 aromatic heterocycles. The van der Waals surface area contributed by atoms with Crippen LogP contribution in [0.2, 0.25) is 0 Å². The molecule has 0 aromatic carbocycles. The molecule has 3 heterocycles. The first-order valence-corrected chi connectivity index (χ1v) is 15.0. The van der Waals surface area contributed by atoms with Crippen LogP contribution in [0.15, 0.2) is 23.0 Å². The smallest absolute Gasteiger partial charge is 0.339 e. The highest BCUT2D eigenvalue weighted by atomic mass is 16.7. The Bertz CT molecular complexity index is 1320. The van der Waals surface area contributed by atoms with E-state index in [-0.39, 0.29) is 11.8 Å². The first-order valence-electron chi connectivity index (χ1n) is 15.0. The lowest BCUT2D eigenvalue weighted by atomic mass is 9.34. The van der Waals surface area contributed by atoms with Crippen LogP contribution in [-0.4, -0.2) is 53.9 Å². The van der Waals surface area contributed by atoms with Gasteiger partial charge in [0.15, 0.2) is 6.10 Å². The molecule has 3 saturated carbocycles. The van der Waals surface area contributed by atoms with E-state index < -0.39 is 81.7 Å². The maximum Gasteiger partial charge on any atom is 0.339 e. The number of furan rings is 1. The van der Waals surface area contributed by atoms with Gasteiger partial charge in [-0.25, -0.2) is 4.79 Å². The summed E-state index contributed by atoms with van der Waals surface area (Å²) in [7, 11) is 0. The highest BCUT2D eigenvalue weighted by Crippen LogP contribution is 2.80. The average Bonchev–Trinajstić information content (AvgIpc) is 3.45. The largest absolute Gasteiger partial charge is 0.472 e.